The van der Waals surface area contributed by atoms with Crippen molar-refractivity contribution >= 4 is 29.4 Å². The van der Waals surface area contributed by atoms with Gasteiger partial charge in [0, 0.05) is 19.6 Å². The van der Waals surface area contributed by atoms with Gasteiger partial charge in [-0.05, 0) is 35.2 Å². The lowest BCUT2D eigenvalue weighted by molar-refractivity contribution is -0.108. The molecular formula is C23H19F2N5O4. The number of nitrogens with zero attached hydrogens (tertiary/aromatic N) is 2. The molecule has 9 nitrogen and oxygen atoms in total. The Morgan fingerprint density at radius 1 is 1.18 bits per heavy atom. The van der Waals surface area contributed by atoms with Crippen LogP contribution in [0.5, 0.6) is 0 Å². The second kappa shape index (κ2) is 9.22. The molecule has 0 bridgehead atoms. The molecule has 0 unspecified atom stereocenters. The average Bonchev–Trinajstić information content (AvgIpc) is 2.84. The number of rotatable bonds is 6. The van der Waals surface area contributed by atoms with Gasteiger partial charge in [-0.25, -0.2) is 13.8 Å². The molecule has 2 aromatic carbocycles. The lowest BCUT2D eigenvalue weighted by Gasteiger charge is -2.31. The summed E-state index contributed by atoms with van der Waals surface area (Å²) in [6.45, 7) is 0.983. The van der Waals surface area contributed by atoms with Gasteiger partial charge >= 0.3 is 0 Å². The molecular weight excluding hydrogens is 448 g/mol. The Morgan fingerprint density at radius 3 is 2.71 bits per heavy atom. The molecule has 1 aliphatic heterocycles. The van der Waals surface area contributed by atoms with E-state index in [-0.39, 0.29) is 29.3 Å². The fraction of sp³-hybridized carbons (Fsp3) is 0.174. The van der Waals surface area contributed by atoms with Gasteiger partial charge in [-0.1, -0.05) is 18.2 Å². The number of aromatic amines is 1. The molecule has 0 aliphatic carbocycles. The maximum Gasteiger partial charge on any atom is 0.287 e. The van der Waals surface area contributed by atoms with Crippen LogP contribution in [0.4, 0.5) is 8.78 Å². The average molecular weight is 467 g/mol. The maximum absolute atomic E-state index is 13.9. The van der Waals surface area contributed by atoms with Crippen molar-refractivity contribution in [1.29, 1.82) is 0 Å². The van der Waals surface area contributed by atoms with Crippen molar-refractivity contribution in [2.75, 3.05) is 6.54 Å². The molecule has 0 fully saturated rings. The molecule has 174 valence electrons. The first-order valence-electron chi connectivity index (χ1n) is 10.2. The van der Waals surface area contributed by atoms with Crippen molar-refractivity contribution in [2.24, 2.45) is 5.73 Å². The number of carbonyl (C=O) groups excluding carboxylic acids is 3. The lowest BCUT2D eigenvalue weighted by Crippen LogP contribution is -2.33. The normalized spacial score (nSPS) is 13.8. The predicted molar refractivity (Wildman–Crippen MR) is 117 cm³/mol. The highest BCUT2D eigenvalue weighted by Crippen LogP contribution is 2.23. The maximum atomic E-state index is 13.9. The molecule has 0 radical (unpaired) electrons. The van der Waals surface area contributed by atoms with Gasteiger partial charge in [0.1, 0.15) is 11.1 Å². The second-order valence-corrected chi connectivity index (χ2v) is 7.70. The van der Waals surface area contributed by atoms with E-state index in [1.54, 1.807) is 4.90 Å². The number of halogens is 2. The Morgan fingerprint density at radius 2 is 1.97 bits per heavy atom. The van der Waals surface area contributed by atoms with E-state index in [1.165, 1.54) is 0 Å². The minimum absolute atomic E-state index is 0.0957. The molecule has 2 heterocycles. The van der Waals surface area contributed by atoms with Gasteiger partial charge in [0.15, 0.2) is 30.0 Å². The molecule has 0 saturated carbocycles. The fourth-order valence-corrected chi connectivity index (χ4v) is 3.85. The summed E-state index contributed by atoms with van der Waals surface area (Å²) in [7, 11) is 0. The SMILES string of the molecule is N/C(C=O)=C(/C=O)N1CCc2ccc(CNC(=O)c3nc4ccc(F)c(F)c4c(=O)[nH]3)cc2C1. The number of benzene rings is 2. The zero-order valence-electron chi connectivity index (χ0n) is 17.7. The molecule has 4 rings (SSSR count). The van der Waals surface area contributed by atoms with Gasteiger partial charge < -0.3 is 20.9 Å². The highest BCUT2D eigenvalue weighted by molar-refractivity contribution is 5.92. The zero-order chi connectivity index (χ0) is 24.4. The monoisotopic (exact) mass is 467 g/mol. The van der Waals surface area contributed by atoms with Gasteiger partial charge in [-0.3, -0.25) is 19.2 Å². The van der Waals surface area contributed by atoms with Crippen LogP contribution in [0, 0.1) is 11.6 Å². The summed E-state index contributed by atoms with van der Waals surface area (Å²) in [6.07, 6.45) is 1.63. The largest absolute Gasteiger partial charge is 0.394 e. The van der Waals surface area contributed by atoms with E-state index in [0.29, 0.717) is 32.1 Å². The number of nitrogens with two attached hydrogens (primary N) is 1. The van der Waals surface area contributed by atoms with Gasteiger partial charge in [0.05, 0.1) is 11.2 Å². The molecule has 0 atom stereocenters. The zero-order valence-corrected chi connectivity index (χ0v) is 17.7. The van der Waals surface area contributed by atoms with Crippen LogP contribution in [-0.4, -0.2) is 39.9 Å². The van der Waals surface area contributed by atoms with Crippen LogP contribution in [0.3, 0.4) is 0 Å². The van der Waals surface area contributed by atoms with Crippen molar-refractivity contribution in [2.45, 2.75) is 19.5 Å². The van der Waals surface area contributed by atoms with Crippen LogP contribution >= 0.6 is 0 Å². The number of fused-ring (bicyclic) bond motifs is 2. The van der Waals surface area contributed by atoms with E-state index < -0.39 is 28.5 Å². The van der Waals surface area contributed by atoms with Crippen molar-refractivity contribution in [1.82, 2.24) is 20.2 Å². The number of carbonyl (C=O) groups is 3. The molecule has 11 heteroatoms. The van der Waals surface area contributed by atoms with Crippen LogP contribution in [-0.2, 0) is 29.1 Å². The van der Waals surface area contributed by atoms with Gasteiger partial charge in [-0.2, -0.15) is 0 Å². The molecule has 34 heavy (non-hydrogen) atoms. The molecule has 1 aromatic heterocycles. The molecule has 1 aliphatic rings. The number of aldehydes is 2. The van der Waals surface area contributed by atoms with E-state index in [9.17, 15) is 28.0 Å². The van der Waals surface area contributed by atoms with E-state index in [4.69, 9.17) is 5.73 Å². The van der Waals surface area contributed by atoms with Crippen molar-refractivity contribution in [3.8, 4) is 0 Å². The third-order valence-electron chi connectivity index (χ3n) is 5.59. The summed E-state index contributed by atoms with van der Waals surface area (Å²) < 4.78 is 27.3. The van der Waals surface area contributed by atoms with E-state index in [2.05, 4.69) is 15.3 Å². The summed E-state index contributed by atoms with van der Waals surface area (Å²) in [6, 6.07) is 7.55. The van der Waals surface area contributed by atoms with Crippen molar-refractivity contribution in [3.05, 3.63) is 86.2 Å². The first kappa shape index (κ1) is 22.8. The van der Waals surface area contributed by atoms with Crippen LogP contribution in [0.1, 0.15) is 27.3 Å². The summed E-state index contributed by atoms with van der Waals surface area (Å²) in [5.41, 5.74) is 7.22. The Hall–Kier alpha value is -4.41. The van der Waals surface area contributed by atoms with E-state index in [1.807, 2.05) is 18.2 Å². The number of H-pyrrole nitrogens is 1. The third-order valence-corrected chi connectivity index (χ3v) is 5.59. The molecule has 0 spiro atoms. The highest BCUT2D eigenvalue weighted by Gasteiger charge is 2.21. The predicted octanol–water partition coefficient (Wildman–Crippen LogP) is 1.06. The summed E-state index contributed by atoms with van der Waals surface area (Å²) in [5, 5.41) is 2.07. The number of hydrogen-bond donors (Lipinski definition) is 3. The Labute approximate surface area is 191 Å². The molecule has 3 aromatic rings. The van der Waals surface area contributed by atoms with Gasteiger partial charge in [-0.15, -0.1) is 0 Å². The second-order valence-electron chi connectivity index (χ2n) is 7.70. The molecule has 1 amide bonds. The number of allylic oxidation sites excluding steroid dienone is 2. The van der Waals surface area contributed by atoms with Crippen molar-refractivity contribution in [3.63, 3.8) is 0 Å². The number of nitrogens with one attached hydrogen (secondary N) is 2. The molecule has 4 N–H and O–H groups in total. The molecule has 0 saturated heterocycles. The standard InChI is InChI=1S/C23H19F2N5O4/c24-15-3-4-17-19(20(15)25)22(33)29-21(28-17)23(34)27-8-12-1-2-13-5-6-30(9-14(13)7-12)18(11-32)16(26)10-31/h1-4,7,10-11H,5-6,8-9,26H2,(H,27,34)(H,28,29,33)/b18-16-. The van der Waals surface area contributed by atoms with Gasteiger partial charge in [0.2, 0.25) is 0 Å². The quantitative estimate of drug-likeness (QED) is 0.364. The first-order chi connectivity index (χ1) is 16.3. The van der Waals surface area contributed by atoms with Crippen molar-refractivity contribution < 1.29 is 23.2 Å². The van der Waals surface area contributed by atoms with Crippen LogP contribution in [0.2, 0.25) is 0 Å². The Balaban J connectivity index is 1.51. The Kier molecular flexibility index (Phi) is 6.17. The summed E-state index contributed by atoms with van der Waals surface area (Å²) in [4.78, 5) is 54.8. The first-order valence-corrected chi connectivity index (χ1v) is 10.2. The topological polar surface area (TPSA) is 138 Å². The minimum atomic E-state index is -1.33. The lowest BCUT2D eigenvalue weighted by atomic mass is 9.97. The van der Waals surface area contributed by atoms with Crippen LogP contribution in [0.15, 0.2) is 46.5 Å². The minimum Gasteiger partial charge on any atom is -0.394 e. The van der Waals surface area contributed by atoms with Crippen LogP contribution in [0.25, 0.3) is 10.9 Å². The van der Waals surface area contributed by atoms with Crippen LogP contribution < -0.4 is 16.6 Å². The van der Waals surface area contributed by atoms with E-state index in [0.717, 1.165) is 28.8 Å². The van der Waals surface area contributed by atoms with Gasteiger partial charge in [0.25, 0.3) is 11.5 Å². The number of aromatic nitrogens is 2. The third kappa shape index (κ3) is 4.27. The number of amides is 1. The summed E-state index contributed by atoms with van der Waals surface area (Å²) in [5.74, 6) is -3.55. The Bertz CT molecular complexity index is 1420. The highest BCUT2D eigenvalue weighted by atomic mass is 19.2. The summed E-state index contributed by atoms with van der Waals surface area (Å²) >= 11 is 0. The smallest absolute Gasteiger partial charge is 0.287 e. The fourth-order valence-electron chi connectivity index (χ4n) is 3.85. The van der Waals surface area contributed by atoms with E-state index >= 15 is 0 Å². The number of hydrogen-bond acceptors (Lipinski definition) is 7.